The minimum Gasteiger partial charge on any atom is -0.382 e. The average molecular weight is 604 g/mol. The molecule has 0 bridgehead atoms. The summed E-state index contributed by atoms with van der Waals surface area (Å²) in [5, 5.41) is 2.70. The second-order valence-electron chi connectivity index (χ2n) is 11.3. The molecule has 1 aliphatic heterocycles. The first-order chi connectivity index (χ1) is 21.8. The first kappa shape index (κ1) is 28.2. The van der Waals surface area contributed by atoms with Crippen LogP contribution < -0.4 is 11.1 Å². The Bertz CT molecular complexity index is 2060. The van der Waals surface area contributed by atoms with Crippen LogP contribution in [0.15, 0.2) is 73.2 Å². The molecule has 0 radical (unpaired) electrons. The topological polar surface area (TPSA) is 119 Å². The Morgan fingerprint density at radius 2 is 1.80 bits per heavy atom. The smallest absolute Gasteiger partial charge is 0.299 e. The number of nitrogen functional groups attached to an aromatic ring is 1. The van der Waals surface area contributed by atoms with Crippen LogP contribution >= 0.6 is 0 Å². The van der Waals surface area contributed by atoms with Crippen molar-refractivity contribution in [2.45, 2.75) is 44.2 Å². The number of hydrogen-bond acceptors (Lipinski definition) is 6. The number of likely N-dealkylation sites (tertiary alicyclic amines) is 1. The molecule has 5 aromatic rings. The number of carbonyl (C=O) groups is 2. The largest absolute Gasteiger partial charge is 0.382 e. The molecule has 1 spiro atoms. The molecule has 11 heteroatoms. The molecule has 1 saturated heterocycles. The Balaban J connectivity index is 1.21. The van der Waals surface area contributed by atoms with Crippen molar-refractivity contribution in [1.29, 1.82) is 0 Å². The molecule has 7 rings (SSSR count). The van der Waals surface area contributed by atoms with Crippen LogP contribution in [0.4, 0.5) is 20.4 Å². The normalized spacial score (nSPS) is 16.4. The molecular formula is C34H27F2N7O2. The fourth-order valence-electron chi connectivity index (χ4n) is 6.26. The third-order valence-corrected chi connectivity index (χ3v) is 8.56. The lowest BCUT2D eigenvalue weighted by Gasteiger charge is -2.28. The summed E-state index contributed by atoms with van der Waals surface area (Å²) in [5.74, 6) is 4.51. The number of hydrogen-bond donors (Lipinski definition) is 2. The molecule has 1 atom stereocenters. The number of imidazole rings is 1. The van der Waals surface area contributed by atoms with Crippen LogP contribution in [0.5, 0.6) is 0 Å². The van der Waals surface area contributed by atoms with Gasteiger partial charge in [-0.1, -0.05) is 18.1 Å². The highest BCUT2D eigenvalue weighted by molar-refractivity contribution is 6.04. The number of nitrogens with zero attached hydrogens (tertiary/aromatic N) is 5. The van der Waals surface area contributed by atoms with E-state index in [9.17, 15) is 14.0 Å². The minimum atomic E-state index is -0.680. The maximum absolute atomic E-state index is 15.8. The van der Waals surface area contributed by atoms with Crippen LogP contribution in [0.3, 0.4) is 0 Å². The fraction of sp³-hybridized carbons (Fsp3) is 0.206. The van der Waals surface area contributed by atoms with E-state index in [4.69, 9.17) is 10.7 Å². The van der Waals surface area contributed by atoms with Gasteiger partial charge in [-0.2, -0.15) is 0 Å². The van der Waals surface area contributed by atoms with Crippen LogP contribution in [0, 0.1) is 23.5 Å². The lowest BCUT2D eigenvalue weighted by molar-refractivity contribution is -0.128. The number of rotatable bonds is 5. The number of nitrogens with two attached hydrogens (primary N) is 1. The van der Waals surface area contributed by atoms with E-state index in [0.717, 1.165) is 36.5 Å². The minimum absolute atomic E-state index is 0.0708. The molecule has 3 aromatic heterocycles. The van der Waals surface area contributed by atoms with Gasteiger partial charge in [0.1, 0.15) is 40.3 Å². The van der Waals surface area contributed by atoms with Crippen LogP contribution in [0.1, 0.15) is 54.8 Å². The summed E-state index contributed by atoms with van der Waals surface area (Å²) in [7, 11) is 0. The van der Waals surface area contributed by atoms with Crippen molar-refractivity contribution in [2.24, 2.45) is 0 Å². The lowest BCUT2D eigenvalue weighted by atomic mass is 10.1. The summed E-state index contributed by atoms with van der Waals surface area (Å²) in [4.78, 5) is 41.3. The Kier molecular flexibility index (Phi) is 6.77. The Hall–Kier alpha value is -5.63. The summed E-state index contributed by atoms with van der Waals surface area (Å²) < 4.78 is 30.9. The lowest BCUT2D eigenvalue weighted by Crippen LogP contribution is -2.38. The van der Waals surface area contributed by atoms with Gasteiger partial charge in [0, 0.05) is 35.3 Å². The summed E-state index contributed by atoms with van der Waals surface area (Å²) in [5.41, 5.74) is 8.45. The van der Waals surface area contributed by atoms with Gasteiger partial charge in [-0.25, -0.2) is 23.7 Å². The van der Waals surface area contributed by atoms with E-state index >= 15 is 4.39 Å². The zero-order valence-corrected chi connectivity index (χ0v) is 24.2. The first-order valence-corrected chi connectivity index (χ1v) is 14.5. The number of nitrogens with one attached hydrogen (secondary N) is 1. The monoisotopic (exact) mass is 603 g/mol. The third kappa shape index (κ3) is 4.94. The van der Waals surface area contributed by atoms with Gasteiger partial charge in [0.05, 0.1) is 6.04 Å². The molecule has 224 valence electrons. The van der Waals surface area contributed by atoms with E-state index in [1.165, 1.54) is 30.5 Å². The van der Waals surface area contributed by atoms with E-state index in [0.29, 0.717) is 17.8 Å². The molecule has 9 nitrogen and oxygen atoms in total. The van der Waals surface area contributed by atoms with Crippen molar-refractivity contribution in [1.82, 2.24) is 24.3 Å². The van der Waals surface area contributed by atoms with Crippen molar-refractivity contribution in [2.75, 3.05) is 11.1 Å². The summed E-state index contributed by atoms with van der Waals surface area (Å²) >= 11 is 0. The van der Waals surface area contributed by atoms with Gasteiger partial charge in [-0.05, 0) is 92.1 Å². The summed E-state index contributed by atoms with van der Waals surface area (Å²) in [6.45, 7) is 1.63. The molecule has 1 saturated carbocycles. The van der Waals surface area contributed by atoms with Crippen molar-refractivity contribution in [3.05, 3.63) is 96.2 Å². The molecule has 2 amide bonds. The molecule has 2 aliphatic rings. The van der Waals surface area contributed by atoms with Gasteiger partial charge >= 0.3 is 0 Å². The van der Waals surface area contributed by atoms with Gasteiger partial charge in [0.15, 0.2) is 0 Å². The second kappa shape index (κ2) is 10.8. The van der Waals surface area contributed by atoms with Crippen molar-refractivity contribution < 1.29 is 18.4 Å². The van der Waals surface area contributed by atoms with Gasteiger partial charge < -0.3 is 16.0 Å². The highest BCUT2D eigenvalue weighted by Gasteiger charge is 2.57. The zero-order valence-electron chi connectivity index (χ0n) is 24.2. The molecule has 45 heavy (non-hydrogen) atoms. The maximum Gasteiger partial charge on any atom is 0.299 e. The molecule has 2 fully saturated rings. The molecule has 3 N–H and O–H groups in total. The average Bonchev–Trinajstić information content (AvgIpc) is 3.56. The van der Waals surface area contributed by atoms with E-state index in [2.05, 4.69) is 27.1 Å². The van der Waals surface area contributed by atoms with Crippen LogP contribution in [0.2, 0.25) is 0 Å². The molecule has 1 aliphatic carbocycles. The van der Waals surface area contributed by atoms with Gasteiger partial charge in [0.2, 0.25) is 0 Å². The highest BCUT2D eigenvalue weighted by atomic mass is 19.1. The molecule has 4 heterocycles. The number of aromatic nitrogens is 4. The first-order valence-electron chi connectivity index (χ1n) is 14.5. The number of fused-ring (bicyclic) bond motifs is 1. The van der Waals surface area contributed by atoms with E-state index in [1.807, 2.05) is 4.90 Å². The van der Waals surface area contributed by atoms with Gasteiger partial charge in [-0.3, -0.25) is 14.0 Å². The van der Waals surface area contributed by atoms with Gasteiger partial charge in [0.25, 0.3) is 11.8 Å². The van der Waals surface area contributed by atoms with Crippen molar-refractivity contribution >= 4 is 29.0 Å². The second-order valence-corrected chi connectivity index (χ2v) is 11.3. The quantitative estimate of drug-likeness (QED) is 0.246. The number of pyridine rings is 1. The van der Waals surface area contributed by atoms with Crippen LogP contribution in [0.25, 0.3) is 27.9 Å². The SMILES string of the molecule is CC#CC(=O)N1[C@H](c2nc(-c3ccc(C(=O)Nc4cc(-c5ccc(F)cc5)ccn4)cc3F)c3c(N)nccn23)CCC12CC2. The number of carbonyl (C=O) groups excluding carboxylic acids is 2. The molecule has 0 unspecified atom stereocenters. The van der Waals surface area contributed by atoms with Crippen molar-refractivity contribution in [3.63, 3.8) is 0 Å². The molecular weight excluding hydrogens is 576 g/mol. The van der Waals surface area contributed by atoms with Crippen molar-refractivity contribution in [3.8, 4) is 34.2 Å². The molecule has 2 aromatic carbocycles. The predicted octanol–water partition coefficient (Wildman–Crippen LogP) is 5.79. The Morgan fingerprint density at radius 3 is 2.53 bits per heavy atom. The van der Waals surface area contributed by atoms with E-state index in [-0.39, 0.29) is 51.8 Å². The number of halogens is 2. The van der Waals surface area contributed by atoms with Crippen LogP contribution in [-0.2, 0) is 4.79 Å². The summed E-state index contributed by atoms with van der Waals surface area (Å²) in [6, 6.07) is 13.1. The van der Waals surface area contributed by atoms with E-state index in [1.54, 1.807) is 48.0 Å². The van der Waals surface area contributed by atoms with E-state index < -0.39 is 11.7 Å². The van der Waals surface area contributed by atoms with Crippen LogP contribution in [-0.4, -0.2) is 41.6 Å². The number of amides is 2. The van der Waals surface area contributed by atoms with Gasteiger partial charge in [-0.15, -0.1) is 0 Å². The third-order valence-electron chi connectivity index (χ3n) is 8.56. The fourth-order valence-corrected chi connectivity index (χ4v) is 6.26. The Morgan fingerprint density at radius 1 is 1.00 bits per heavy atom. The predicted molar refractivity (Wildman–Crippen MR) is 165 cm³/mol. The zero-order chi connectivity index (χ0) is 31.3. The number of anilines is 2. The highest BCUT2D eigenvalue weighted by Crippen LogP contribution is 2.56. The Labute approximate surface area is 257 Å². The standard InChI is InChI=1S/C34H27F2N7O2/c1-2-3-28(44)43-26(10-12-34(43)13-14-34)32-41-29(30-31(37)39-16-17-42(30)32)24-9-6-22(18-25(24)36)33(45)40-27-19-21(11-15-38-27)20-4-7-23(35)8-5-20/h4-9,11,15-19,26H,10,12-14H2,1H3,(H2,37,39)(H,38,40,45)/t26-/m0/s1. The number of benzene rings is 2. The maximum atomic E-state index is 15.8. The summed E-state index contributed by atoms with van der Waals surface area (Å²) in [6.07, 6.45) is 8.11.